The van der Waals surface area contributed by atoms with Crippen molar-refractivity contribution in [3.63, 3.8) is 0 Å². The average Bonchev–Trinajstić information content (AvgIpc) is 3.28. The molecule has 5 unspecified atom stereocenters. The Balaban J connectivity index is 2.25. The Labute approximate surface area is 150 Å². The molecule has 2 saturated carbocycles. The van der Waals surface area contributed by atoms with Gasteiger partial charge < -0.3 is 15.3 Å². The molecule has 0 saturated heterocycles. The lowest BCUT2D eigenvalue weighted by molar-refractivity contribution is -0.0862. The van der Waals surface area contributed by atoms with Crippen LogP contribution >= 0.6 is 22.6 Å². The highest BCUT2D eigenvalue weighted by Crippen LogP contribution is 2.75. The number of aliphatic hydroxyl groups is 3. The van der Waals surface area contributed by atoms with Crippen molar-refractivity contribution in [2.24, 2.45) is 11.3 Å². The van der Waals surface area contributed by atoms with Gasteiger partial charge in [-0.05, 0) is 49.0 Å². The number of rotatable bonds is 8. The highest BCUT2D eigenvalue weighted by molar-refractivity contribution is 7.75. The van der Waals surface area contributed by atoms with Gasteiger partial charge in [-0.15, -0.1) is 34.0 Å². The summed E-state index contributed by atoms with van der Waals surface area (Å²) in [5.74, 6) is -0.323. The largest absolute Gasteiger partial charge is 0.389 e. The van der Waals surface area contributed by atoms with Crippen LogP contribution in [0.5, 0.6) is 0 Å². The molecule has 0 amide bonds. The Morgan fingerprint density at radius 1 is 1.25 bits per heavy atom. The summed E-state index contributed by atoms with van der Waals surface area (Å²) in [5, 5.41) is 33.1. The van der Waals surface area contributed by atoms with Gasteiger partial charge in [0.2, 0.25) is 0 Å². The molecule has 24 heavy (non-hydrogen) atoms. The maximum Gasteiger partial charge on any atom is 0.109 e. The normalized spacial score (nSPS) is 44.3. The van der Waals surface area contributed by atoms with Crippen molar-refractivity contribution >= 4 is 49.4 Å². The van der Waals surface area contributed by atoms with E-state index < -0.39 is 45.6 Å². The van der Waals surface area contributed by atoms with E-state index in [1.54, 1.807) is 6.92 Å². The molecule has 0 radical (unpaired) electrons. The van der Waals surface area contributed by atoms with Crippen LogP contribution in [0.1, 0.15) is 27.2 Å². The van der Waals surface area contributed by atoms with Crippen LogP contribution in [0.2, 0.25) is 5.82 Å². The second-order valence-electron chi connectivity index (χ2n) is 8.19. The van der Waals surface area contributed by atoms with Gasteiger partial charge in [-0.3, -0.25) is 0 Å². The third-order valence-corrected chi connectivity index (χ3v) is 16.5. The lowest BCUT2D eigenvalue weighted by atomic mass is 9.72. The molecule has 0 bridgehead atoms. The van der Waals surface area contributed by atoms with Crippen LogP contribution in [0.3, 0.4) is 0 Å². The number of hydrogen-bond acceptors (Lipinski definition) is 3. The quantitative estimate of drug-likeness (QED) is 0.429. The maximum absolute atomic E-state index is 11.2. The summed E-state index contributed by atoms with van der Waals surface area (Å²) in [6.07, 6.45) is 16.5. The van der Waals surface area contributed by atoms with Crippen LogP contribution in [0, 0.1) is 11.3 Å². The number of hydrogen-bond donors (Lipinski definition) is 3. The first kappa shape index (κ1) is 21.1. The Hall–Kier alpha value is 0.845. The van der Waals surface area contributed by atoms with Crippen LogP contribution in [0.4, 0.5) is 0 Å². The Bertz CT molecular complexity index is 565. The van der Waals surface area contributed by atoms with Crippen molar-refractivity contribution in [2.75, 3.05) is 18.5 Å². The van der Waals surface area contributed by atoms with E-state index in [4.69, 9.17) is 0 Å². The smallest absolute Gasteiger partial charge is 0.109 e. The van der Waals surface area contributed by atoms with Crippen molar-refractivity contribution in [1.29, 1.82) is 0 Å². The third kappa shape index (κ3) is 3.26. The molecule has 0 aromatic rings. The van der Waals surface area contributed by atoms with E-state index in [1.807, 2.05) is 7.85 Å². The van der Waals surface area contributed by atoms with E-state index in [-0.39, 0.29) is 11.7 Å². The van der Waals surface area contributed by atoms with E-state index in [0.29, 0.717) is 5.40 Å². The molecule has 3 nitrogen and oxygen atoms in total. The van der Waals surface area contributed by atoms with Gasteiger partial charge in [0.1, 0.15) is 7.85 Å². The van der Waals surface area contributed by atoms with Crippen molar-refractivity contribution in [3.8, 4) is 0 Å². The second kappa shape index (κ2) is 7.46. The number of fused-ring (bicyclic) bond motifs is 1. The lowest BCUT2D eigenvalue weighted by Crippen LogP contribution is -2.46. The zero-order chi connectivity index (χ0) is 18.4. The van der Waals surface area contributed by atoms with Crippen LogP contribution in [-0.2, 0) is 0 Å². The molecular formula is C17H36BO3P3. The molecule has 0 aromatic heterocycles. The fourth-order valence-corrected chi connectivity index (χ4v) is 14.7. The summed E-state index contributed by atoms with van der Waals surface area (Å²) >= 11 is 0. The predicted molar refractivity (Wildman–Crippen MR) is 122 cm³/mol. The van der Waals surface area contributed by atoms with Gasteiger partial charge in [-0.25, -0.2) is 0 Å². The van der Waals surface area contributed by atoms with Crippen LogP contribution < -0.4 is 0 Å². The monoisotopic (exact) mass is 392 g/mol. The molecule has 140 valence electrons. The topological polar surface area (TPSA) is 60.7 Å². The first-order valence-electron chi connectivity index (χ1n) is 9.17. The Kier molecular flexibility index (Phi) is 6.57. The summed E-state index contributed by atoms with van der Waals surface area (Å²) in [6, 6.07) is 0. The first-order chi connectivity index (χ1) is 11.0. The van der Waals surface area contributed by atoms with E-state index in [2.05, 4.69) is 32.7 Å². The summed E-state index contributed by atoms with van der Waals surface area (Å²) < 4.78 is 0. The van der Waals surface area contributed by atoms with Crippen LogP contribution in [-0.4, -0.2) is 83.5 Å². The zero-order valence-electron chi connectivity index (χ0n) is 15.7. The molecule has 7 heteroatoms. The molecule has 2 rings (SSSR count). The number of aliphatic hydroxyl groups excluding tert-OH is 2. The molecular weight excluding hydrogens is 356 g/mol. The molecule has 2 fully saturated rings. The molecule has 0 spiro atoms. The molecule has 2 aliphatic rings. The predicted octanol–water partition coefficient (Wildman–Crippen LogP) is 1.16. The van der Waals surface area contributed by atoms with Gasteiger partial charge in [-0.2, -0.15) is 0 Å². The second-order valence-corrected chi connectivity index (χ2v) is 16.5. The minimum Gasteiger partial charge on any atom is -0.389 e. The molecule has 0 aliphatic heterocycles. The van der Waals surface area contributed by atoms with Gasteiger partial charge >= 0.3 is 0 Å². The fraction of sp³-hybridized carbons (Fsp3) is 0.824. The van der Waals surface area contributed by atoms with Gasteiger partial charge in [0.05, 0.1) is 17.6 Å². The minimum atomic E-state index is -1.32. The SMILES string of the molecule is B[C@@H]1[C@H]2CC2([C@@H](O)[PH](=C)C(C[PH](=C)CC)[PH](=C)CC)[C@@H](O)[C@@]1(C)O. The zero-order valence-corrected chi connectivity index (χ0v) is 18.7. The highest BCUT2D eigenvalue weighted by Gasteiger charge is 2.76. The molecule has 0 heterocycles. The van der Waals surface area contributed by atoms with Crippen molar-refractivity contribution in [3.05, 3.63) is 0 Å². The summed E-state index contributed by atoms with van der Waals surface area (Å²) in [5.41, 5.74) is -1.62. The molecule has 10 atom stereocenters. The van der Waals surface area contributed by atoms with Gasteiger partial charge in [0.15, 0.2) is 0 Å². The van der Waals surface area contributed by atoms with E-state index in [9.17, 15) is 15.3 Å². The van der Waals surface area contributed by atoms with Crippen LogP contribution in [0.25, 0.3) is 0 Å². The molecule has 3 N–H and O–H groups in total. The van der Waals surface area contributed by atoms with Crippen molar-refractivity contribution in [2.45, 2.75) is 56.0 Å². The summed E-state index contributed by atoms with van der Waals surface area (Å²) in [6.45, 7) is 6.10. The molecule has 0 aromatic carbocycles. The first-order valence-corrected chi connectivity index (χ1v) is 15.1. The van der Waals surface area contributed by atoms with Gasteiger partial charge in [-0.1, -0.05) is 21.4 Å². The van der Waals surface area contributed by atoms with Crippen molar-refractivity contribution < 1.29 is 15.3 Å². The molecule has 2 aliphatic carbocycles. The average molecular weight is 392 g/mol. The lowest BCUT2D eigenvalue weighted by Gasteiger charge is -2.37. The van der Waals surface area contributed by atoms with E-state index in [1.165, 1.54) is 0 Å². The summed E-state index contributed by atoms with van der Waals surface area (Å²) in [7, 11) is -0.760. The van der Waals surface area contributed by atoms with Gasteiger partial charge in [0, 0.05) is 5.41 Å². The standard InChI is InChI=1S/C17H36BO3P3/c1-7-22(4)10-12(23(5)8-2)24(6)15(20)17-9-11(17)13(18)16(3,21)14(17)19/h11-15,19-24H,4-10,18H2,1-3H3/t11-,12?,13-,14+,15+,16+,17?/m1/s1. The Morgan fingerprint density at radius 3 is 2.25 bits per heavy atom. The maximum atomic E-state index is 11.2. The minimum absolute atomic E-state index is 0.0224. The van der Waals surface area contributed by atoms with Crippen molar-refractivity contribution in [1.82, 2.24) is 0 Å². The van der Waals surface area contributed by atoms with E-state index >= 15 is 0 Å². The fourth-order valence-electron chi connectivity index (χ4n) is 4.70. The Morgan fingerprint density at radius 2 is 1.83 bits per heavy atom. The summed E-state index contributed by atoms with van der Waals surface area (Å²) in [4.78, 5) is 0. The van der Waals surface area contributed by atoms with Crippen LogP contribution in [0.15, 0.2) is 0 Å². The van der Waals surface area contributed by atoms with E-state index in [0.717, 1.165) is 24.9 Å². The third-order valence-electron chi connectivity index (χ3n) is 6.94. The van der Waals surface area contributed by atoms with Gasteiger partial charge in [0.25, 0.3) is 0 Å². The highest BCUT2D eigenvalue weighted by atomic mass is 31.2.